The van der Waals surface area contributed by atoms with E-state index in [1.165, 1.54) is 87.9 Å². The maximum absolute atomic E-state index is 2.40. The van der Waals surface area contributed by atoms with Crippen molar-refractivity contribution in [1.82, 2.24) is 4.57 Å². The fourth-order valence-electron chi connectivity index (χ4n) is 9.93. The molecular weight excluding hydrogens is 749 g/mol. The van der Waals surface area contributed by atoms with Gasteiger partial charge in [0.15, 0.2) is 0 Å². The zero-order valence-corrected chi connectivity index (χ0v) is 34.2. The monoisotopic (exact) mass is 790 g/mol. The SMILES string of the molecule is C1=Cc2c(ccc3c(-c4ccc(N(c5ccccc5)c5ccc(-c6ccc(-n7c8ccccc8c8ccccc87)cc6-c6ccccc6)cc5)cc4)cc4ccccc4c23)CC1. The Morgan fingerprint density at radius 2 is 0.952 bits per heavy atom. The van der Waals surface area contributed by atoms with Gasteiger partial charge in [0.05, 0.1) is 11.0 Å². The maximum atomic E-state index is 2.40. The van der Waals surface area contributed by atoms with Crippen molar-refractivity contribution in [3.05, 3.63) is 236 Å². The van der Waals surface area contributed by atoms with E-state index in [0.29, 0.717) is 0 Å². The summed E-state index contributed by atoms with van der Waals surface area (Å²) in [6, 6.07) is 80.0. The zero-order valence-electron chi connectivity index (χ0n) is 34.2. The van der Waals surface area contributed by atoms with E-state index in [1.54, 1.807) is 0 Å². The van der Waals surface area contributed by atoms with Crippen molar-refractivity contribution < 1.29 is 0 Å². The van der Waals surface area contributed by atoms with Crippen molar-refractivity contribution in [2.75, 3.05) is 4.90 Å². The first-order valence-corrected chi connectivity index (χ1v) is 21.6. The standard InChI is InChI=1S/C60H42N2/c1-3-15-41(16-4-1)57-40-49(62-58-25-13-11-23-53(58)54-24-12-14-26-59(54)62)36-38-50(57)43-27-32-47(33-28-43)61(46-19-5-2-6-20-46)48-34-29-44(30-35-48)56-39-45-18-8-10-22-52(45)60-51-21-9-7-17-42(51)31-37-55(56)60/h1-6,8-16,18-40H,7,17H2. The number of allylic oxidation sites excluding steroid dienone is 1. The smallest absolute Gasteiger partial charge is 0.0541 e. The second-order valence-electron chi connectivity index (χ2n) is 16.4. The number of hydrogen-bond donors (Lipinski definition) is 0. The number of aromatic nitrogens is 1. The molecule has 0 fully saturated rings. The minimum absolute atomic E-state index is 1.09. The van der Waals surface area contributed by atoms with Crippen LogP contribution in [0, 0.1) is 0 Å². The minimum atomic E-state index is 1.09. The van der Waals surface area contributed by atoms with Crippen LogP contribution >= 0.6 is 0 Å². The molecule has 0 bridgehead atoms. The van der Waals surface area contributed by atoms with Gasteiger partial charge in [-0.1, -0.05) is 164 Å². The molecule has 10 aromatic carbocycles. The van der Waals surface area contributed by atoms with E-state index < -0.39 is 0 Å². The lowest BCUT2D eigenvalue weighted by Gasteiger charge is -2.26. The highest BCUT2D eigenvalue weighted by atomic mass is 15.1. The molecule has 0 saturated heterocycles. The summed E-state index contributed by atoms with van der Waals surface area (Å²) in [7, 11) is 0. The molecule has 0 unspecified atom stereocenters. The summed E-state index contributed by atoms with van der Waals surface area (Å²) >= 11 is 0. The van der Waals surface area contributed by atoms with Gasteiger partial charge in [0.1, 0.15) is 0 Å². The van der Waals surface area contributed by atoms with Crippen LogP contribution in [0.5, 0.6) is 0 Å². The van der Waals surface area contributed by atoms with E-state index in [9.17, 15) is 0 Å². The molecule has 12 rings (SSSR count). The molecule has 11 aromatic rings. The Kier molecular flexibility index (Phi) is 8.67. The predicted molar refractivity (Wildman–Crippen MR) is 264 cm³/mol. The number of aryl methyl sites for hydroxylation is 1. The van der Waals surface area contributed by atoms with E-state index in [0.717, 1.165) is 35.6 Å². The average molecular weight is 791 g/mol. The van der Waals surface area contributed by atoms with Gasteiger partial charge < -0.3 is 9.47 Å². The number of hydrogen-bond acceptors (Lipinski definition) is 1. The quantitative estimate of drug-likeness (QED) is 0.146. The van der Waals surface area contributed by atoms with Crippen LogP contribution in [0.25, 0.3) is 88.5 Å². The third kappa shape index (κ3) is 6.03. The molecule has 62 heavy (non-hydrogen) atoms. The Labute approximate surface area is 361 Å². The molecule has 2 nitrogen and oxygen atoms in total. The van der Waals surface area contributed by atoms with Gasteiger partial charge in [-0.3, -0.25) is 0 Å². The normalized spacial score (nSPS) is 12.3. The Morgan fingerprint density at radius 1 is 0.387 bits per heavy atom. The molecule has 1 aliphatic rings. The van der Waals surface area contributed by atoms with E-state index >= 15 is 0 Å². The maximum Gasteiger partial charge on any atom is 0.0541 e. The van der Waals surface area contributed by atoms with E-state index in [-0.39, 0.29) is 0 Å². The summed E-state index contributed by atoms with van der Waals surface area (Å²) in [5.41, 5.74) is 16.9. The minimum Gasteiger partial charge on any atom is -0.311 e. The molecule has 292 valence electrons. The Hall–Kier alpha value is -7.94. The summed E-state index contributed by atoms with van der Waals surface area (Å²) in [4.78, 5) is 2.36. The average Bonchev–Trinajstić information content (AvgIpc) is 3.69. The molecule has 0 saturated carbocycles. The van der Waals surface area contributed by atoms with Gasteiger partial charge in [-0.15, -0.1) is 0 Å². The zero-order chi connectivity index (χ0) is 41.0. The third-order valence-electron chi connectivity index (χ3n) is 12.8. The highest BCUT2D eigenvalue weighted by Crippen LogP contribution is 2.43. The largest absolute Gasteiger partial charge is 0.311 e. The first kappa shape index (κ1) is 36.0. The molecule has 0 N–H and O–H groups in total. The lowest BCUT2D eigenvalue weighted by atomic mass is 9.86. The van der Waals surface area contributed by atoms with Crippen molar-refractivity contribution >= 4 is 66.5 Å². The fraction of sp³-hybridized carbons (Fsp3) is 0.0333. The van der Waals surface area contributed by atoms with E-state index in [4.69, 9.17) is 0 Å². The lowest BCUT2D eigenvalue weighted by Crippen LogP contribution is -2.09. The van der Waals surface area contributed by atoms with Gasteiger partial charge in [0.2, 0.25) is 0 Å². The van der Waals surface area contributed by atoms with Gasteiger partial charge in [0.25, 0.3) is 0 Å². The highest BCUT2D eigenvalue weighted by Gasteiger charge is 2.19. The van der Waals surface area contributed by atoms with Crippen LogP contribution in [-0.2, 0) is 6.42 Å². The molecule has 1 aromatic heterocycles. The molecule has 0 amide bonds. The van der Waals surface area contributed by atoms with Crippen molar-refractivity contribution in [2.45, 2.75) is 12.8 Å². The second kappa shape index (κ2) is 15.0. The molecule has 0 aliphatic heterocycles. The number of nitrogens with zero attached hydrogens (tertiary/aromatic N) is 2. The van der Waals surface area contributed by atoms with Crippen LogP contribution < -0.4 is 4.90 Å². The summed E-state index contributed by atoms with van der Waals surface area (Å²) in [5, 5.41) is 7.78. The summed E-state index contributed by atoms with van der Waals surface area (Å²) in [5.74, 6) is 0. The fourth-order valence-corrected chi connectivity index (χ4v) is 9.93. The highest BCUT2D eigenvalue weighted by molar-refractivity contribution is 6.17. The molecular formula is C60H42N2. The number of fused-ring (bicyclic) bond motifs is 8. The number of anilines is 3. The lowest BCUT2D eigenvalue weighted by molar-refractivity contribution is 0.990. The van der Waals surface area contributed by atoms with Crippen LogP contribution in [0.15, 0.2) is 224 Å². The van der Waals surface area contributed by atoms with Crippen molar-refractivity contribution in [3.63, 3.8) is 0 Å². The van der Waals surface area contributed by atoms with Crippen molar-refractivity contribution in [3.8, 4) is 39.1 Å². The van der Waals surface area contributed by atoms with Crippen molar-refractivity contribution in [2.24, 2.45) is 0 Å². The Bertz CT molecular complexity index is 3430. The predicted octanol–water partition coefficient (Wildman–Crippen LogP) is 16.5. The summed E-state index contributed by atoms with van der Waals surface area (Å²) in [6.07, 6.45) is 6.86. The van der Waals surface area contributed by atoms with Gasteiger partial charge in [-0.05, 0) is 146 Å². The molecule has 0 radical (unpaired) electrons. The first-order valence-electron chi connectivity index (χ1n) is 21.6. The topological polar surface area (TPSA) is 8.17 Å². The molecule has 2 heteroatoms. The molecule has 1 heterocycles. The molecule has 0 atom stereocenters. The van der Waals surface area contributed by atoms with Crippen LogP contribution in [0.1, 0.15) is 17.5 Å². The first-order chi connectivity index (χ1) is 30.8. The van der Waals surface area contributed by atoms with Gasteiger partial charge in [0, 0.05) is 33.5 Å². The number of rotatable bonds is 7. The van der Waals surface area contributed by atoms with Crippen LogP contribution in [-0.4, -0.2) is 4.57 Å². The van der Waals surface area contributed by atoms with Gasteiger partial charge >= 0.3 is 0 Å². The Balaban J connectivity index is 0.943. The van der Waals surface area contributed by atoms with Gasteiger partial charge in [-0.25, -0.2) is 0 Å². The van der Waals surface area contributed by atoms with E-state index in [1.807, 2.05) is 0 Å². The van der Waals surface area contributed by atoms with Crippen molar-refractivity contribution in [1.29, 1.82) is 0 Å². The second-order valence-corrected chi connectivity index (χ2v) is 16.4. The number of benzene rings is 10. The Morgan fingerprint density at radius 3 is 1.65 bits per heavy atom. The van der Waals surface area contributed by atoms with E-state index in [2.05, 4.69) is 240 Å². The van der Waals surface area contributed by atoms with Gasteiger partial charge in [-0.2, -0.15) is 0 Å². The van der Waals surface area contributed by atoms with Crippen LogP contribution in [0.2, 0.25) is 0 Å². The summed E-state index contributed by atoms with van der Waals surface area (Å²) in [6.45, 7) is 0. The third-order valence-corrected chi connectivity index (χ3v) is 12.8. The van der Waals surface area contributed by atoms with Crippen LogP contribution in [0.3, 0.4) is 0 Å². The molecule has 1 aliphatic carbocycles. The molecule has 0 spiro atoms. The summed E-state index contributed by atoms with van der Waals surface area (Å²) < 4.78 is 2.40. The van der Waals surface area contributed by atoms with Crippen LogP contribution in [0.4, 0.5) is 17.1 Å². The number of para-hydroxylation sites is 3.